The van der Waals surface area contributed by atoms with Crippen molar-refractivity contribution in [3.05, 3.63) is 11.9 Å². The van der Waals surface area contributed by atoms with E-state index in [4.69, 9.17) is 4.74 Å². The van der Waals surface area contributed by atoms with Gasteiger partial charge in [-0.2, -0.15) is 0 Å². The van der Waals surface area contributed by atoms with Crippen LogP contribution in [0.15, 0.2) is 6.20 Å². The van der Waals surface area contributed by atoms with E-state index in [1.54, 1.807) is 4.68 Å². The number of rotatable bonds is 6. The van der Waals surface area contributed by atoms with Gasteiger partial charge in [0.1, 0.15) is 12.1 Å². The molecular weight excluding hydrogens is 436 g/mol. The highest BCUT2D eigenvalue weighted by atomic mass is 16.5. The van der Waals surface area contributed by atoms with Crippen LogP contribution in [0.3, 0.4) is 0 Å². The van der Waals surface area contributed by atoms with Crippen LogP contribution in [0.1, 0.15) is 66.6 Å². The average Bonchev–Trinajstić information content (AvgIpc) is 3.29. The molecule has 2 N–H and O–H groups in total. The molecule has 3 rings (SSSR count). The molecule has 1 aromatic rings. The zero-order valence-electron chi connectivity index (χ0n) is 22.0. The molecule has 192 valence electrons. The summed E-state index contributed by atoms with van der Waals surface area (Å²) in [5.74, 6) is -0.501. The number of carbonyl (C=O) groups is 2. The Bertz CT molecular complexity index is 874. The molecule has 0 bridgehead atoms. The Balaban J connectivity index is 1.75. The van der Waals surface area contributed by atoms with E-state index in [1.807, 2.05) is 27.0 Å². The van der Waals surface area contributed by atoms with Crippen LogP contribution in [-0.4, -0.2) is 98.3 Å². The number of β-amino-alcohol motifs (C(OH)–C–C–N with tert-alkyl or cyclic N) is 1. The molecule has 2 aliphatic heterocycles. The molecule has 3 atom stereocenters. The molecule has 0 unspecified atom stereocenters. The molecule has 34 heavy (non-hydrogen) atoms. The number of aromatic nitrogens is 3. The quantitative estimate of drug-likeness (QED) is 0.627. The van der Waals surface area contributed by atoms with E-state index < -0.39 is 23.6 Å². The Kier molecular flexibility index (Phi) is 7.46. The van der Waals surface area contributed by atoms with E-state index in [1.165, 1.54) is 11.9 Å². The summed E-state index contributed by atoms with van der Waals surface area (Å²) in [6.07, 6.45) is 2.06. The van der Waals surface area contributed by atoms with Crippen LogP contribution in [0.5, 0.6) is 0 Å². The Hall–Kier alpha value is -2.04. The number of nitrogens with zero attached hydrogens (tertiary/aromatic N) is 5. The van der Waals surface area contributed by atoms with Gasteiger partial charge in [-0.15, -0.1) is 5.10 Å². The van der Waals surface area contributed by atoms with Crippen LogP contribution in [0.2, 0.25) is 0 Å². The summed E-state index contributed by atoms with van der Waals surface area (Å²) < 4.78 is 7.79. The molecule has 2 amide bonds. The average molecular weight is 479 g/mol. The first-order chi connectivity index (χ1) is 15.6. The third kappa shape index (κ3) is 6.14. The Morgan fingerprint density at radius 2 is 1.85 bits per heavy atom. The van der Waals surface area contributed by atoms with Gasteiger partial charge < -0.3 is 20.1 Å². The fourth-order valence-corrected chi connectivity index (χ4v) is 5.44. The lowest BCUT2D eigenvalue weighted by Crippen LogP contribution is -2.57. The zero-order valence-corrected chi connectivity index (χ0v) is 22.0. The van der Waals surface area contributed by atoms with Gasteiger partial charge in [0, 0.05) is 52.3 Å². The second-order valence-electron chi connectivity index (χ2n) is 12.1. The predicted molar refractivity (Wildman–Crippen MR) is 128 cm³/mol. The summed E-state index contributed by atoms with van der Waals surface area (Å²) in [5.41, 5.74) is -0.0928. The number of hydrogen-bond acceptors (Lipinski definition) is 7. The second kappa shape index (κ2) is 9.54. The van der Waals surface area contributed by atoms with Gasteiger partial charge in [-0.05, 0) is 33.1 Å². The van der Waals surface area contributed by atoms with Crippen molar-refractivity contribution in [2.24, 2.45) is 5.41 Å². The van der Waals surface area contributed by atoms with Crippen LogP contribution in [0, 0.1) is 5.41 Å². The zero-order chi connectivity index (χ0) is 25.5. The van der Waals surface area contributed by atoms with Gasteiger partial charge in [0.15, 0.2) is 0 Å². The maximum Gasteiger partial charge on any atom is 0.248 e. The minimum Gasteiger partial charge on any atom is -0.391 e. The van der Waals surface area contributed by atoms with E-state index in [0.717, 1.165) is 25.3 Å². The van der Waals surface area contributed by atoms with Crippen molar-refractivity contribution < 1.29 is 19.4 Å². The number of likely N-dealkylation sites (tertiary alicyclic amines) is 1. The summed E-state index contributed by atoms with van der Waals surface area (Å²) in [4.78, 5) is 29.9. The molecular formula is C24H42N6O4. The first-order valence-corrected chi connectivity index (χ1v) is 12.2. The van der Waals surface area contributed by atoms with E-state index in [0.29, 0.717) is 6.42 Å². The summed E-state index contributed by atoms with van der Waals surface area (Å²) >= 11 is 0. The lowest BCUT2D eigenvalue weighted by atomic mass is 9.85. The highest BCUT2D eigenvalue weighted by Gasteiger charge is 2.45. The maximum atomic E-state index is 13.7. The molecule has 2 fully saturated rings. The largest absolute Gasteiger partial charge is 0.391 e. The van der Waals surface area contributed by atoms with Crippen molar-refractivity contribution in [3.8, 4) is 0 Å². The number of hydrogen-bond donors (Lipinski definition) is 2. The highest BCUT2D eigenvalue weighted by Crippen LogP contribution is 2.34. The molecule has 10 nitrogen and oxygen atoms in total. The minimum absolute atomic E-state index is 0.133. The molecule has 2 aliphatic rings. The number of aliphatic hydroxyl groups excluding tert-OH is 1. The number of likely N-dealkylation sites (N-methyl/N-ethyl adjacent to an activating group) is 1. The maximum absolute atomic E-state index is 13.7. The summed E-state index contributed by atoms with van der Waals surface area (Å²) in [5, 5.41) is 21.4. The van der Waals surface area contributed by atoms with Gasteiger partial charge >= 0.3 is 0 Å². The number of amides is 2. The van der Waals surface area contributed by atoms with Gasteiger partial charge in [-0.25, -0.2) is 4.68 Å². The van der Waals surface area contributed by atoms with Crippen molar-refractivity contribution in [3.63, 3.8) is 0 Å². The number of carbonyl (C=O) groups excluding carboxylic acids is 2. The Labute approximate surface area is 203 Å². The molecule has 2 saturated heterocycles. The van der Waals surface area contributed by atoms with Crippen LogP contribution in [-0.2, 0) is 20.7 Å². The van der Waals surface area contributed by atoms with Gasteiger partial charge in [0.25, 0.3) is 0 Å². The van der Waals surface area contributed by atoms with Crippen molar-refractivity contribution in [1.82, 2.24) is 30.1 Å². The lowest BCUT2D eigenvalue weighted by molar-refractivity contribution is -0.180. The molecule has 0 aliphatic carbocycles. The van der Waals surface area contributed by atoms with Crippen molar-refractivity contribution in [2.75, 3.05) is 33.2 Å². The first kappa shape index (κ1) is 26.6. The molecule has 3 heterocycles. The molecule has 0 aromatic carbocycles. The van der Waals surface area contributed by atoms with Gasteiger partial charge in [0.05, 0.1) is 23.0 Å². The van der Waals surface area contributed by atoms with E-state index in [2.05, 4.69) is 48.2 Å². The van der Waals surface area contributed by atoms with Crippen LogP contribution in [0.4, 0.5) is 0 Å². The number of aliphatic hydroxyl groups is 1. The Morgan fingerprint density at radius 3 is 2.41 bits per heavy atom. The first-order valence-electron chi connectivity index (χ1n) is 12.2. The summed E-state index contributed by atoms with van der Waals surface area (Å²) in [6.45, 7) is 17.0. The highest BCUT2D eigenvalue weighted by molar-refractivity contribution is 5.90. The van der Waals surface area contributed by atoms with E-state index in [9.17, 15) is 14.7 Å². The van der Waals surface area contributed by atoms with Gasteiger partial charge in [-0.3, -0.25) is 14.5 Å². The topological polar surface area (TPSA) is 113 Å². The second-order valence-corrected chi connectivity index (χ2v) is 12.1. The van der Waals surface area contributed by atoms with Crippen molar-refractivity contribution >= 4 is 11.8 Å². The van der Waals surface area contributed by atoms with Gasteiger partial charge in [-0.1, -0.05) is 26.0 Å². The smallest absolute Gasteiger partial charge is 0.248 e. The fourth-order valence-electron chi connectivity index (χ4n) is 5.44. The minimum atomic E-state index is -0.722. The monoisotopic (exact) mass is 478 g/mol. The number of nitrogens with one attached hydrogen (secondary N) is 1. The molecule has 10 heteroatoms. The van der Waals surface area contributed by atoms with E-state index >= 15 is 0 Å². The summed E-state index contributed by atoms with van der Waals surface area (Å²) in [7, 11) is 1.54. The lowest BCUT2D eigenvalue weighted by Gasteiger charge is -2.47. The number of morpholine rings is 1. The van der Waals surface area contributed by atoms with Crippen LogP contribution >= 0.6 is 0 Å². The normalized spacial score (nSPS) is 25.9. The van der Waals surface area contributed by atoms with Crippen molar-refractivity contribution in [1.29, 1.82) is 0 Å². The van der Waals surface area contributed by atoms with Gasteiger partial charge in [0.2, 0.25) is 11.8 Å². The van der Waals surface area contributed by atoms with Crippen molar-refractivity contribution in [2.45, 2.75) is 90.7 Å². The number of ether oxygens (including phenoxy) is 1. The molecule has 0 spiro atoms. The third-order valence-corrected chi connectivity index (χ3v) is 6.43. The summed E-state index contributed by atoms with van der Waals surface area (Å²) in [6, 6.07) is -1.33. The molecule has 0 saturated carbocycles. The Morgan fingerprint density at radius 1 is 1.24 bits per heavy atom. The SMILES string of the molecule is CNC(=O)[C@@H]1C[C@@H](O)CN1C(=O)[C@@H](n1cc(CCN2CC(C)(C)OC(C)(C)C2)nn1)C(C)(C)C. The predicted octanol–water partition coefficient (Wildman–Crippen LogP) is 1.01. The fraction of sp³-hybridized carbons (Fsp3) is 0.833. The molecule has 1 aromatic heterocycles. The van der Waals surface area contributed by atoms with E-state index in [-0.39, 0.29) is 36.0 Å². The molecule has 0 radical (unpaired) electrons. The van der Waals surface area contributed by atoms with Crippen LogP contribution in [0.25, 0.3) is 0 Å². The van der Waals surface area contributed by atoms with Crippen LogP contribution < -0.4 is 5.32 Å². The standard InChI is InChI=1S/C24H42N6O4/c1-22(2,3)19(21(33)29-13-17(31)11-18(29)20(32)25-8)30-12-16(26-27-30)9-10-28-14-23(4,5)34-24(6,7)15-28/h12,17-19,31H,9-11,13-15H2,1-8H3,(H,25,32)/t17-,18+,19-/m1/s1. The third-order valence-electron chi connectivity index (χ3n) is 6.43.